The van der Waals surface area contributed by atoms with Crippen LogP contribution in [0.3, 0.4) is 0 Å². The highest BCUT2D eigenvalue weighted by Gasteiger charge is 2.38. The summed E-state index contributed by atoms with van der Waals surface area (Å²) in [6.45, 7) is -0.0686. The molecule has 0 aliphatic rings. The smallest absolute Gasteiger partial charge is 0.481 e. The van der Waals surface area contributed by atoms with E-state index in [9.17, 15) is 19.3 Å². The van der Waals surface area contributed by atoms with E-state index < -0.39 is 31.9 Å². The summed E-state index contributed by atoms with van der Waals surface area (Å²) in [4.78, 5) is 23.0. The van der Waals surface area contributed by atoms with E-state index in [-0.39, 0.29) is 19.4 Å². The van der Waals surface area contributed by atoms with Gasteiger partial charge in [0.25, 0.3) is 5.91 Å². The molecule has 0 saturated heterocycles. The average molecular weight is 390 g/mol. The zero-order chi connectivity index (χ0) is 19.6. The molecular formula is C19H21NO6P+. The second-order valence-corrected chi connectivity index (χ2v) is 7.06. The van der Waals surface area contributed by atoms with Crippen molar-refractivity contribution in [1.29, 1.82) is 0 Å². The number of carboxylic acid groups (broad SMARTS) is 1. The van der Waals surface area contributed by atoms with Gasteiger partial charge in [-0.25, -0.2) is 0 Å². The van der Waals surface area contributed by atoms with Crippen LogP contribution in [0.4, 0.5) is 0 Å². The average Bonchev–Trinajstić information content (AvgIpc) is 2.68. The molecule has 2 aromatic rings. The van der Waals surface area contributed by atoms with Gasteiger partial charge in [-0.05, 0) is 10.1 Å². The number of amides is 1. The first-order chi connectivity index (χ1) is 13.0. The molecular weight excluding hydrogens is 369 g/mol. The second-order valence-electron chi connectivity index (χ2n) is 5.79. The van der Waals surface area contributed by atoms with Crippen LogP contribution in [-0.4, -0.2) is 34.7 Å². The topological polar surface area (TPSA) is 113 Å². The molecule has 8 heteroatoms. The molecule has 0 radical (unpaired) electrons. The van der Waals surface area contributed by atoms with Crippen LogP contribution in [0.5, 0.6) is 0 Å². The molecule has 1 amide bonds. The lowest BCUT2D eigenvalue weighted by atomic mass is 10.1. The van der Waals surface area contributed by atoms with E-state index in [2.05, 4.69) is 5.32 Å². The number of carbonyl (C=O) groups excluding carboxylic acids is 1. The zero-order valence-corrected chi connectivity index (χ0v) is 15.4. The van der Waals surface area contributed by atoms with E-state index in [1.165, 1.54) is 0 Å². The monoisotopic (exact) mass is 390 g/mol. The molecule has 0 heterocycles. The van der Waals surface area contributed by atoms with Gasteiger partial charge in [0.1, 0.15) is 0 Å². The van der Waals surface area contributed by atoms with E-state index in [1.54, 1.807) is 54.6 Å². The fourth-order valence-corrected chi connectivity index (χ4v) is 3.29. The first kappa shape index (κ1) is 20.7. The second kappa shape index (κ2) is 10.5. The van der Waals surface area contributed by atoms with Crippen molar-refractivity contribution in [2.75, 3.05) is 6.54 Å². The third kappa shape index (κ3) is 6.90. The number of carbonyl (C=O) groups is 2. The first-order valence-corrected chi connectivity index (χ1v) is 9.61. The summed E-state index contributed by atoms with van der Waals surface area (Å²) in [5.41, 5.74) is 1.21. The van der Waals surface area contributed by atoms with Crippen LogP contribution in [0.25, 0.3) is 0 Å². The molecule has 3 N–H and O–H groups in total. The highest BCUT2D eigenvalue weighted by Crippen LogP contribution is 2.41. The number of rotatable bonds is 10. The summed E-state index contributed by atoms with van der Waals surface area (Å²) in [6.07, 6.45) is -1.21. The summed E-state index contributed by atoms with van der Waals surface area (Å²) in [6, 6.07) is 17.4. The summed E-state index contributed by atoms with van der Waals surface area (Å²) in [5, 5.41) is 21.4. The fourth-order valence-electron chi connectivity index (χ4n) is 2.34. The van der Waals surface area contributed by atoms with Crippen molar-refractivity contribution in [3.8, 4) is 0 Å². The Balaban J connectivity index is 2.07. The van der Waals surface area contributed by atoms with Gasteiger partial charge in [0, 0.05) is 18.5 Å². The Morgan fingerprint density at radius 2 is 1.63 bits per heavy atom. The van der Waals surface area contributed by atoms with Gasteiger partial charge in [-0.15, -0.1) is 4.52 Å². The number of nitrogens with one attached hydrogen (secondary N) is 1. The van der Waals surface area contributed by atoms with Crippen molar-refractivity contribution in [2.24, 2.45) is 0 Å². The molecule has 0 aliphatic carbocycles. The van der Waals surface area contributed by atoms with Crippen molar-refractivity contribution in [2.45, 2.75) is 24.8 Å². The third-order valence-corrected chi connectivity index (χ3v) is 4.88. The van der Waals surface area contributed by atoms with E-state index in [0.717, 1.165) is 5.56 Å². The molecule has 0 fully saturated rings. The summed E-state index contributed by atoms with van der Waals surface area (Å²) in [7, 11) is -2.59. The number of aliphatic hydroxyl groups is 1. The van der Waals surface area contributed by atoms with Crippen LogP contribution in [0.15, 0.2) is 60.7 Å². The van der Waals surface area contributed by atoms with E-state index in [4.69, 9.17) is 9.63 Å². The quantitative estimate of drug-likeness (QED) is 0.538. The molecule has 2 rings (SSSR count). The minimum Gasteiger partial charge on any atom is -0.481 e. The van der Waals surface area contributed by atoms with Crippen molar-refractivity contribution in [3.05, 3.63) is 71.8 Å². The van der Waals surface area contributed by atoms with E-state index >= 15 is 0 Å². The Morgan fingerprint density at radius 3 is 2.22 bits per heavy atom. The largest absolute Gasteiger partial charge is 0.546 e. The van der Waals surface area contributed by atoms with Gasteiger partial charge < -0.3 is 15.5 Å². The molecule has 0 saturated carbocycles. The van der Waals surface area contributed by atoms with Crippen molar-refractivity contribution in [3.63, 3.8) is 0 Å². The van der Waals surface area contributed by atoms with Crippen molar-refractivity contribution < 1.29 is 28.9 Å². The van der Waals surface area contributed by atoms with Gasteiger partial charge in [0.15, 0.2) is 6.10 Å². The van der Waals surface area contributed by atoms with Gasteiger partial charge in [-0.2, -0.15) is 0 Å². The number of hydrogen-bond acceptors (Lipinski definition) is 5. The molecule has 0 aliphatic heterocycles. The molecule has 0 spiro atoms. The fraction of sp³-hybridized carbons (Fsp3) is 0.263. The summed E-state index contributed by atoms with van der Waals surface area (Å²) < 4.78 is 17.8. The predicted octanol–water partition coefficient (Wildman–Crippen LogP) is 2.64. The molecule has 0 bridgehead atoms. The van der Waals surface area contributed by atoms with Crippen LogP contribution < -0.4 is 5.32 Å². The Morgan fingerprint density at radius 1 is 1.04 bits per heavy atom. The Kier molecular flexibility index (Phi) is 8.07. The van der Waals surface area contributed by atoms with Crippen LogP contribution in [-0.2, 0) is 25.1 Å². The van der Waals surface area contributed by atoms with Gasteiger partial charge in [-0.3, -0.25) is 9.59 Å². The SMILES string of the molecule is O=C(O)CCNC(=O)C(Cc1ccccc1)O[P+](=O)[C@H](O)c1ccccc1. The number of carboxylic acids is 1. The molecule has 3 atom stereocenters. The summed E-state index contributed by atoms with van der Waals surface area (Å²) in [5.74, 6) is -2.99. The van der Waals surface area contributed by atoms with Crippen LogP contribution in [0.2, 0.25) is 0 Å². The highest BCUT2D eigenvalue weighted by atomic mass is 31.1. The minimum absolute atomic E-state index is 0.0686. The summed E-state index contributed by atoms with van der Waals surface area (Å²) >= 11 is 0. The van der Waals surface area contributed by atoms with Gasteiger partial charge in [0.05, 0.1) is 6.42 Å². The minimum atomic E-state index is -2.59. The molecule has 142 valence electrons. The predicted molar refractivity (Wildman–Crippen MR) is 99.3 cm³/mol. The van der Waals surface area contributed by atoms with Crippen LogP contribution >= 0.6 is 8.03 Å². The Bertz CT molecular complexity index is 768. The van der Waals surface area contributed by atoms with E-state index in [1.807, 2.05) is 6.07 Å². The van der Waals surface area contributed by atoms with E-state index in [0.29, 0.717) is 5.56 Å². The molecule has 2 aromatic carbocycles. The number of aliphatic hydroxyl groups excluding tert-OH is 1. The zero-order valence-electron chi connectivity index (χ0n) is 14.5. The lowest BCUT2D eigenvalue weighted by Gasteiger charge is -2.12. The van der Waals surface area contributed by atoms with Crippen LogP contribution in [0, 0.1) is 0 Å². The highest BCUT2D eigenvalue weighted by molar-refractivity contribution is 7.39. The van der Waals surface area contributed by atoms with Gasteiger partial charge in [0.2, 0.25) is 0 Å². The molecule has 0 aromatic heterocycles. The molecule has 7 nitrogen and oxygen atoms in total. The Hall–Kier alpha value is -2.60. The first-order valence-electron chi connectivity index (χ1n) is 8.37. The molecule has 2 unspecified atom stereocenters. The van der Waals surface area contributed by atoms with Crippen molar-refractivity contribution >= 4 is 19.9 Å². The third-order valence-electron chi connectivity index (χ3n) is 3.72. The number of aliphatic carboxylic acids is 1. The maximum absolute atomic E-state index is 12.4. The van der Waals surface area contributed by atoms with Crippen molar-refractivity contribution in [1.82, 2.24) is 5.32 Å². The number of benzene rings is 2. The maximum atomic E-state index is 12.4. The normalized spacial score (nSPS) is 13.4. The van der Waals surface area contributed by atoms with Gasteiger partial charge in [-0.1, -0.05) is 60.7 Å². The lowest BCUT2D eigenvalue weighted by Crippen LogP contribution is -2.38. The lowest BCUT2D eigenvalue weighted by molar-refractivity contribution is -0.137. The standard InChI is InChI=1S/C19H20NO6P/c21-17(22)11-12-20-18(23)16(13-14-7-3-1-4-8-14)26-27(25)19(24)15-9-5-2-6-10-15/h1-10,16,19,24H,11-13H2,(H-,20,21,22,23)/p+1/t16?,19-/m0/s1. The molecule has 27 heavy (non-hydrogen) atoms. The maximum Gasteiger partial charge on any atom is 0.546 e. The van der Waals surface area contributed by atoms with Crippen LogP contribution in [0.1, 0.15) is 23.4 Å². The number of hydrogen-bond donors (Lipinski definition) is 3. The Labute approximate surface area is 157 Å². The van der Waals surface area contributed by atoms with Gasteiger partial charge >= 0.3 is 19.8 Å².